The van der Waals surface area contributed by atoms with Crippen LogP contribution >= 0.6 is 0 Å². The zero-order valence-electron chi connectivity index (χ0n) is 15.1. The Morgan fingerprint density at radius 3 is 2.93 bits per heavy atom. The van der Waals surface area contributed by atoms with Crippen molar-refractivity contribution in [3.8, 4) is 17.2 Å². The molecule has 2 aromatic carbocycles. The van der Waals surface area contributed by atoms with Gasteiger partial charge in [-0.25, -0.2) is 4.98 Å². The molecule has 1 unspecified atom stereocenters. The SMILES string of the molecule is O=C(c1cccc2c1OCCO2)N1Cc2[nH]cnc2C(c2cccc(O)c2)C1. The Hall–Kier alpha value is -3.48. The highest BCUT2D eigenvalue weighted by Gasteiger charge is 2.33. The van der Waals surface area contributed by atoms with Crippen molar-refractivity contribution >= 4 is 5.91 Å². The summed E-state index contributed by atoms with van der Waals surface area (Å²) in [5, 5.41) is 9.89. The summed E-state index contributed by atoms with van der Waals surface area (Å²) in [4.78, 5) is 22.7. The van der Waals surface area contributed by atoms with Crippen LogP contribution in [0.3, 0.4) is 0 Å². The molecule has 0 saturated carbocycles. The number of hydrogen-bond acceptors (Lipinski definition) is 5. The van der Waals surface area contributed by atoms with E-state index >= 15 is 0 Å². The van der Waals surface area contributed by atoms with Crippen LogP contribution in [-0.4, -0.2) is 45.6 Å². The highest BCUT2D eigenvalue weighted by molar-refractivity contribution is 5.98. The molecule has 0 spiro atoms. The Bertz CT molecular complexity index is 1050. The minimum atomic E-state index is -0.122. The van der Waals surface area contributed by atoms with Gasteiger partial charge in [-0.15, -0.1) is 0 Å². The first kappa shape index (κ1) is 16.7. The third-order valence-electron chi connectivity index (χ3n) is 5.19. The van der Waals surface area contributed by atoms with E-state index in [2.05, 4.69) is 9.97 Å². The van der Waals surface area contributed by atoms with Crippen LogP contribution in [0.15, 0.2) is 48.8 Å². The van der Waals surface area contributed by atoms with Gasteiger partial charge in [-0.3, -0.25) is 4.79 Å². The number of carbonyl (C=O) groups excluding carboxylic acids is 1. The molecule has 2 aliphatic rings. The van der Waals surface area contributed by atoms with Gasteiger partial charge in [-0.05, 0) is 29.8 Å². The van der Waals surface area contributed by atoms with Gasteiger partial charge in [0.2, 0.25) is 0 Å². The van der Waals surface area contributed by atoms with Gasteiger partial charge >= 0.3 is 0 Å². The molecular weight excluding hydrogens is 358 g/mol. The topological polar surface area (TPSA) is 87.7 Å². The molecule has 0 radical (unpaired) electrons. The van der Waals surface area contributed by atoms with E-state index in [-0.39, 0.29) is 17.6 Å². The maximum atomic E-state index is 13.4. The number of hydrogen-bond donors (Lipinski definition) is 2. The van der Waals surface area contributed by atoms with Crippen molar-refractivity contribution in [3.63, 3.8) is 0 Å². The van der Waals surface area contributed by atoms with Crippen molar-refractivity contribution in [2.24, 2.45) is 0 Å². The van der Waals surface area contributed by atoms with Crippen molar-refractivity contribution < 1.29 is 19.4 Å². The highest BCUT2D eigenvalue weighted by Crippen LogP contribution is 2.37. The molecular formula is C21H19N3O4. The summed E-state index contributed by atoms with van der Waals surface area (Å²) in [7, 11) is 0. The normalized spacial score (nSPS) is 17.9. The van der Waals surface area contributed by atoms with Crippen LogP contribution in [0.4, 0.5) is 0 Å². The lowest BCUT2D eigenvalue weighted by Gasteiger charge is -2.33. The smallest absolute Gasteiger partial charge is 0.258 e. The summed E-state index contributed by atoms with van der Waals surface area (Å²) in [5.74, 6) is 1.06. The van der Waals surface area contributed by atoms with E-state index < -0.39 is 0 Å². The monoisotopic (exact) mass is 377 g/mol. The zero-order valence-corrected chi connectivity index (χ0v) is 15.1. The van der Waals surface area contributed by atoms with E-state index in [9.17, 15) is 9.90 Å². The number of aromatic nitrogens is 2. The van der Waals surface area contributed by atoms with E-state index in [1.165, 1.54) is 0 Å². The number of rotatable bonds is 2. The minimum Gasteiger partial charge on any atom is -0.508 e. The highest BCUT2D eigenvalue weighted by atomic mass is 16.6. The maximum Gasteiger partial charge on any atom is 0.258 e. The van der Waals surface area contributed by atoms with E-state index in [0.29, 0.717) is 43.4 Å². The molecule has 0 saturated heterocycles. The lowest BCUT2D eigenvalue weighted by molar-refractivity contribution is 0.0711. The molecule has 7 heteroatoms. The van der Waals surface area contributed by atoms with Crippen LogP contribution in [0.5, 0.6) is 17.2 Å². The molecule has 28 heavy (non-hydrogen) atoms. The molecule has 3 heterocycles. The molecule has 7 nitrogen and oxygen atoms in total. The van der Waals surface area contributed by atoms with Gasteiger partial charge in [0.05, 0.1) is 29.8 Å². The number of phenols is 1. The molecule has 0 aliphatic carbocycles. The fourth-order valence-electron chi connectivity index (χ4n) is 3.89. The van der Waals surface area contributed by atoms with Crippen LogP contribution in [0.1, 0.15) is 33.2 Å². The number of amides is 1. The number of imidazole rings is 1. The number of aromatic amines is 1. The van der Waals surface area contributed by atoms with Gasteiger partial charge in [-0.1, -0.05) is 18.2 Å². The van der Waals surface area contributed by atoms with Gasteiger partial charge in [0, 0.05) is 12.5 Å². The number of benzene rings is 2. The summed E-state index contributed by atoms with van der Waals surface area (Å²) in [6.45, 7) is 1.80. The van der Waals surface area contributed by atoms with Crippen LogP contribution in [0.25, 0.3) is 0 Å². The van der Waals surface area contributed by atoms with Crippen LogP contribution in [0.2, 0.25) is 0 Å². The number of H-pyrrole nitrogens is 1. The number of phenolic OH excluding ortho intramolecular Hbond substituents is 1. The van der Waals surface area contributed by atoms with E-state index in [0.717, 1.165) is 17.0 Å². The number of nitrogens with zero attached hydrogens (tertiary/aromatic N) is 2. The molecule has 5 rings (SSSR count). The van der Waals surface area contributed by atoms with Gasteiger partial charge < -0.3 is 24.5 Å². The molecule has 0 fully saturated rings. The van der Waals surface area contributed by atoms with Crippen molar-refractivity contribution in [2.45, 2.75) is 12.5 Å². The summed E-state index contributed by atoms with van der Waals surface area (Å²) in [6.07, 6.45) is 1.65. The number of fused-ring (bicyclic) bond motifs is 2. The number of nitrogens with one attached hydrogen (secondary N) is 1. The van der Waals surface area contributed by atoms with Crippen LogP contribution in [0, 0.1) is 0 Å². The fraction of sp³-hybridized carbons (Fsp3) is 0.238. The Balaban J connectivity index is 1.51. The summed E-state index contributed by atoms with van der Waals surface area (Å²) in [6, 6.07) is 12.5. The number of ether oxygens (including phenoxy) is 2. The lowest BCUT2D eigenvalue weighted by Crippen LogP contribution is -2.39. The number of aromatic hydroxyl groups is 1. The van der Waals surface area contributed by atoms with Crippen molar-refractivity contribution in [1.29, 1.82) is 0 Å². The molecule has 2 N–H and O–H groups in total. The predicted octanol–water partition coefficient (Wildman–Crippen LogP) is 2.67. The standard InChI is InChI=1S/C21H19N3O4/c25-14-4-1-3-13(9-14)16-10-24(11-17-19(16)23-12-22-17)21(26)15-5-2-6-18-20(15)28-8-7-27-18/h1-6,9,12,16,25H,7-8,10-11H2,(H,22,23). The van der Waals surface area contributed by atoms with E-state index in [1.54, 1.807) is 41.6 Å². The fourth-order valence-corrected chi connectivity index (χ4v) is 3.89. The first-order valence-electron chi connectivity index (χ1n) is 9.19. The lowest BCUT2D eigenvalue weighted by atomic mass is 9.90. The van der Waals surface area contributed by atoms with Gasteiger partial charge in [0.1, 0.15) is 19.0 Å². The third kappa shape index (κ3) is 2.76. The Morgan fingerprint density at radius 2 is 2.04 bits per heavy atom. The molecule has 3 aromatic rings. The van der Waals surface area contributed by atoms with Crippen LogP contribution in [-0.2, 0) is 6.54 Å². The number of para-hydroxylation sites is 1. The molecule has 1 atom stereocenters. The van der Waals surface area contributed by atoms with Gasteiger partial charge in [0.25, 0.3) is 5.91 Å². The van der Waals surface area contributed by atoms with E-state index in [4.69, 9.17) is 9.47 Å². The minimum absolute atomic E-state index is 0.118. The van der Waals surface area contributed by atoms with Gasteiger partial charge in [0.15, 0.2) is 11.5 Å². The zero-order chi connectivity index (χ0) is 19.1. The Morgan fingerprint density at radius 1 is 1.18 bits per heavy atom. The average Bonchev–Trinajstić information content (AvgIpc) is 3.21. The maximum absolute atomic E-state index is 13.4. The summed E-state index contributed by atoms with van der Waals surface area (Å²) < 4.78 is 11.3. The van der Waals surface area contributed by atoms with E-state index in [1.807, 2.05) is 12.1 Å². The van der Waals surface area contributed by atoms with Crippen molar-refractivity contribution in [3.05, 3.63) is 71.3 Å². The first-order valence-corrected chi connectivity index (χ1v) is 9.19. The Labute approximate surface area is 161 Å². The predicted molar refractivity (Wildman–Crippen MR) is 101 cm³/mol. The second-order valence-electron chi connectivity index (χ2n) is 6.93. The Kier molecular flexibility index (Phi) is 3.93. The summed E-state index contributed by atoms with van der Waals surface area (Å²) >= 11 is 0. The average molecular weight is 377 g/mol. The molecule has 2 aliphatic heterocycles. The van der Waals surface area contributed by atoms with Gasteiger partial charge in [-0.2, -0.15) is 0 Å². The quantitative estimate of drug-likeness (QED) is 0.717. The van der Waals surface area contributed by atoms with Crippen LogP contribution < -0.4 is 9.47 Å². The first-order chi connectivity index (χ1) is 13.7. The molecule has 0 bridgehead atoms. The van der Waals surface area contributed by atoms with Crippen molar-refractivity contribution in [1.82, 2.24) is 14.9 Å². The number of carbonyl (C=O) groups is 1. The molecule has 1 aromatic heterocycles. The molecule has 142 valence electrons. The second-order valence-corrected chi connectivity index (χ2v) is 6.93. The summed E-state index contributed by atoms with van der Waals surface area (Å²) in [5.41, 5.74) is 3.22. The third-order valence-corrected chi connectivity index (χ3v) is 5.19. The second kappa shape index (κ2) is 6.60. The molecule has 1 amide bonds. The van der Waals surface area contributed by atoms with Crippen molar-refractivity contribution in [2.75, 3.05) is 19.8 Å². The largest absolute Gasteiger partial charge is 0.508 e.